The minimum Gasteiger partial charge on any atom is -0.399 e. The standard InChI is InChI=1S/C10H12ClNS/c1-7-5-9(12)3-4-10(7)13-6-8(2)11/h3-5H,2,6,12H2,1H3. The molecule has 0 aliphatic heterocycles. The lowest BCUT2D eigenvalue weighted by atomic mass is 10.2. The second kappa shape index (κ2) is 4.58. The first-order valence-corrected chi connectivity index (χ1v) is 5.28. The van der Waals surface area contributed by atoms with Crippen LogP contribution in [0.2, 0.25) is 0 Å². The van der Waals surface area contributed by atoms with Gasteiger partial charge in [-0.15, -0.1) is 11.8 Å². The van der Waals surface area contributed by atoms with E-state index in [0.29, 0.717) is 5.03 Å². The summed E-state index contributed by atoms with van der Waals surface area (Å²) >= 11 is 7.35. The van der Waals surface area contributed by atoms with Crippen molar-refractivity contribution < 1.29 is 0 Å². The number of benzene rings is 1. The molecule has 0 atom stereocenters. The predicted octanol–water partition coefficient (Wildman–Crippen LogP) is 3.42. The number of thioether (sulfide) groups is 1. The van der Waals surface area contributed by atoms with Crippen molar-refractivity contribution in [3.05, 3.63) is 35.4 Å². The van der Waals surface area contributed by atoms with Crippen LogP contribution in [-0.2, 0) is 0 Å². The summed E-state index contributed by atoms with van der Waals surface area (Å²) in [5.41, 5.74) is 7.61. The maximum Gasteiger partial charge on any atom is 0.0334 e. The Kier molecular flexibility index (Phi) is 3.70. The molecule has 0 spiro atoms. The van der Waals surface area contributed by atoms with E-state index in [1.807, 2.05) is 25.1 Å². The van der Waals surface area contributed by atoms with Crippen LogP contribution < -0.4 is 5.73 Å². The topological polar surface area (TPSA) is 26.0 Å². The molecule has 0 bridgehead atoms. The summed E-state index contributed by atoms with van der Waals surface area (Å²) in [6.45, 7) is 5.67. The molecule has 0 fully saturated rings. The SMILES string of the molecule is C=C(Cl)CSc1ccc(N)cc1C. The van der Waals surface area contributed by atoms with E-state index < -0.39 is 0 Å². The fraction of sp³-hybridized carbons (Fsp3) is 0.200. The summed E-state index contributed by atoms with van der Waals surface area (Å²) in [7, 11) is 0. The van der Waals surface area contributed by atoms with Crippen LogP contribution in [0.5, 0.6) is 0 Å². The van der Waals surface area contributed by atoms with Crippen molar-refractivity contribution in [2.75, 3.05) is 11.5 Å². The maximum atomic E-state index is 5.67. The number of hydrogen-bond donors (Lipinski definition) is 1. The smallest absolute Gasteiger partial charge is 0.0334 e. The van der Waals surface area contributed by atoms with Gasteiger partial charge in [-0.25, -0.2) is 0 Å². The fourth-order valence-corrected chi connectivity index (χ4v) is 1.92. The van der Waals surface area contributed by atoms with E-state index in [0.717, 1.165) is 11.4 Å². The molecular weight excluding hydrogens is 202 g/mol. The average molecular weight is 214 g/mol. The van der Waals surface area contributed by atoms with Gasteiger partial charge < -0.3 is 5.73 Å². The molecule has 0 radical (unpaired) electrons. The Morgan fingerprint density at radius 2 is 2.31 bits per heavy atom. The van der Waals surface area contributed by atoms with E-state index in [1.54, 1.807) is 11.8 Å². The van der Waals surface area contributed by atoms with Gasteiger partial charge in [-0.2, -0.15) is 0 Å². The van der Waals surface area contributed by atoms with Crippen molar-refractivity contribution in [3.8, 4) is 0 Å². The van der Waals surface area contributed by atoms with Gasteiger partial charge in [0, 0.05) is 21.4 Å². The third-order valence-electron chi connectivity index (χ3n) is 1.58. The van der Waals surface area contributed by atoms with Gasteiger partial charge >= 0.3 is 0 Å². The summed E-state index contributed by atoms with van der Waals surface area (Å²) in [6, 6.07) is 5.86. The average Bonchev–Trinajstić information content (AvgIpc) is 2.02. The fourth-order valence-electron chi connectivity index (χ4n) is 0.991. The van der Waals surface area contributed by atoms with Gasteiger partial charge in [0.25, 0.3) is 0 Å². The van der Waals surface area contributed by atoms with Crippen molar-refractivity contribution in [1.82, 2.24) is 0 Å². The van der Waals surface area contributed by atoms with Crippen molar-refractivity contribution in [1.29, 1.82) is 0 Å². The Morgan fingerprint density at radius 3 is 2.85 bits per heavy atom. The van der Waals surface area contributed by atoms with Crippen molar-refractivity contribution in [2.45, 2.75) is 11.8 Å². The number of nitrogen functional groups attached to an aromatic ring is 1. The molecule has 3 heteroatoms. The Labute approximate surface area is 88.0 Å². The Hall–Kier alpha value is -0.600. The highest BCUT2D eigenvalue weighted by Crippen LogP contribution is 2.26. The number of aryl methyl sites for hydroxylation is 1. The largest absolute Gasteiger partial charge is 0.399 e. The van der Waals surface area contributed by atoms with Crippen molar-refractivity contribution >= 4 is 29.1 Å². The van der Waals surface area contributed by atoms with E-state index in [4.69, 9.17) is 17.3 Å². The van der Waals surface area contributed by atoms with Gasteiger partial charge in [-0.3, -0.25) is 0 Å². The third-order valence-corrected chi connectivity index (χ3v) is 3.14. The lowest BCUT2D eigenvalue weighted by molar-refractivity contribution is 1.30. The van der Waals surface area contributed by atoms with Gasteiger partial charge in [0.1, 0.15) is 0 Å². The van der Waals surface area contributed by atoms with Gasteiger partial charge in [0.2, 0.25) is 0 Å². The summed E-state index contributed by atoms with van der Waals surface area (Å²) < 4.78 is 0. The summed E-state index contributed by atoms with van der Waals surface area (Å²) in [6.07, 6.45) is 0. The highest BCUT2D eigenvalue weighted by atomic mass is 35.5. The van der Waals surface area contributed by atoms with E-state index in [9.17, 15) is 0 Å². The first kappa shape index (κ1) is 10.5. The minimum atomic E-state index is 0.668. The van der Waals surface area contributed by atoms with Crippen LogP contribution in [0.15, 0.2) is 34.7 Å². The second-order valence-corrected chi connectivity index (χ2v) is 4.38. The minimum absolute atomic E-state index is 0.668. The van der Waals surface area contributed by atoms with E-state index >= 15 is 0 Å². The molecule has 1 aromatic rings. The molecule has 0 aliphatic rings. The second-order valence-electron chi connectivity index (χ2n) is 2.83. The van der Waals surface area contributed by atoms with Crippen LogP contribution in [0, 0.1) is 6.92 Å². The molecule has 0 amide bonds. The molecule has 1 aromatic carbocycles. The lowest BCUT2D eigenvalue weighted by Gasteiger charge is -2.05. The monoisotopic (exact) mass is 213 g/mol. The first-order chi connectivity index (χ1) is 6.09. The van der Waals surface area contributed by atoms with Crippen LogP contribution in [0.25, 0.3) is 0 Å². The number of nitrogens with two attached hydrogens (primary N) is 1. The van der Waals surface area contributed by atoms with Crippen LogP contribution in [0.4, 0.5) is 5.69 Å². The number of rotatable bonds is 3. The van der Waals surface area contributed by atoms with Crippen LogP contribution in [-0.4, -0.2) is 5.75 Å². The van der Waals surface area contributed by atoms with Gasteiger partial charge in [-0.05, 0) is 30.7 Å². The van der Waals surface area contributed by atoms with Gasteiger partial charge in [0.15, 0.2) is 0 Å². The molecule has 70 valence electrons. The summed E-state index contributed by atoms with van der Waals surface area (Å²) in [5, 5.41) is 0.668. The van der Waals surface area contributed by atoms with E-state index in [-0.39, 0.29) is 0 Å². The molecule has 2 N–H and O–H groups in total. The highest BCUT2D eigenvalue weighted by molar-refractivity contribution is 7.99. The number of halogens is 1. The molecule has 1 rings (SSSR count). The molecule has 1 nitrogen and oxygen atoms in total. The normalized spacial score (nSPS) is 10.0. The van der Waals surface area contributed by atoms with E-state index in [1.165, 1.54) is 10.5 Å². The van der Waals surface area contributed by atoms with Crippen LogP contribution in [0.1, 0.15) is 5.56 Å². The third kappa shape index (κ3) is 3.33. The summed E-state index contributed by atoms with van der Waals surface area (Å²) in [4.78, 5) is 1.20. The predicted molar refractivity (Wildman–Crippen MR) is 61.3 cm³/mol. The Balaban J connectivity index is 2.72. The molecular formula is C10H12ClNS. The molecule has 13 heavy (non-hydrogen) atoms. The van der Waals surface area contributed by atoms with E-state index in [2.05, 4.69) is 6.58 Å². The lowest BCUT2D eigenvalue weighted by Crippen LogP contribution is -1.87. The molecule has 0 heterocycles. The highest BCUT2D eigenvalue weighted by Gasteiger charge is 1.99. The number of hydrogen-bond acceptors (Lipinski definition) is 2. The number of anilines is 1. The van der Waals surface area contributed by atoms with Gasteiger partial charge in [-0.1, -0.05) is 18.2 Å². The maximum absolute atomic E-state index is 5.67. The summed E-state index contributed by atoms with van der Waals surface area (Å²) in [5.74, 6) is 0.742. The van der Waals surface area contributed by atoms with Gasteiger partial charge in [0.05, 0.1) is 0 Å². The van der Waals surface area contributed by atoms with Crippen LogP contribution in [0.3, 0.4) is 0 Å². The van der Waals surface area contributed by atoms with Crippen molar-refractivity contribution in [3.63, 3.8) is 0 Å². The molecule has 0 saturated carbocycles. The zero-order valence-corrected chi connectivity index (χ0v) is 9.08. The first-order valence-electron chi connectivity index (χ1n) is 3.92. The molecule has 0 aliphatic carbocycles. The molecule has 0 unspecified atom stereocenters. The van der Waals surface area contributed by atoms with Crippen molar-refractivity contribution in [2.24, 2.45) is 0 Å². The Morgan fingerprint density at radius 1 is 1.62 bits per heavy atom. The quantitative estimate of drug-likeness (QED) is 0.615. The Bertz CT molecular complexity index is 323. The zero-order valence-electron chi connectivity index (χ0n) is 7.51. The molecule has 0 aromatic heterocycles. The van der Waals surface area contributed by atoms with Crippen LogP contribution >= 0.6 is 23.4 Å². The molecule has 0 saturated heterocycles. The zero-order chi connectivity index (χ0) is 9.84.